The summed E-state index contributed by atoms with van der Waals surface area (Å²) in [7, 11) is 0. The Balaban J connectivity index is 1.88. The number of benzene rings is 1. The maximum absolute atomic E-state index is 12.8. The smallest absolute Gasteiger partial charge is 0.393 e. The predicted octanol–water partition coefficient (Wildman–Crippen LogP) is 5.78. The van der Waals surface area contributed by atoms with Crippen LogP contribution in [-0.4, -0.2) is 11.2 Å². The minimum absolute atomic E-state index is 0.133. The maximum Gasteiger partial charge on any atom is 0.416 e. The summed E-state index contributed by atoms with van der Waals surface area (Å²) in [6.45, 7) is 4.24. The van der Waals surface area contributed by atoms with Gasteiger partial charge in [0.15, 0.2) is 0 Å². The van der Waals surface area contributed by atoms with Gasteiger partial charge in [0.2, 0.25) is 0 Å². The summed E-state index contributed by atoms with van der Waals surface area (Å²) in [6, 6.07) is 5.71. The molecule has 1 aliphatic carbocycles. The Kier molecular flexibility index (Phi) is 6.12. The minimum atomic E-state index is -4.27. The minimum Gasteiger partial charge on any atom is -0.393 e. The lowest BCUT2D eigenvalue weighted by Crippen LogP contribution is -2.23. The van der Waals surface area contributed by atoms with Crippen molar-refractivity contribution in [1.82, 2.24) is 0 Å². The third kappa shape index (κ3) is 5.23. The lowest BCUT2D eigenvalue weighted by atomic mass is 9.77. The van der Waals surface area contributed by atoms with Crippen LogP contribution >= 0.6 is 0 Å². The monoisotopic (exact) mass is 328 g/mol. The molecule has 2 atom stereocenters. The summed E-state index contributed by atoms with van der Waals surface area (Å²) in [5, 5.41) is 9.58. The Morgan fingerprint density at radius 2 is 1.74 bits per heavy atom. The van der Waals surface area contributed by atoms with Gasteiger partial charge in [-0.15, -0.1) is 0 Å². The Morgan fingerprint density at radius 1 is 1.09 bits per heavy atom. The standard InChI is InChI=1S/C19H27F3O/c1-13(15-8-10-18(23)11-9-15)6-7-14(2)16-4-3-5-17(12-16)19(20,21)22/h3-5,12-15,18,23H,6-11H2,1-2H3. The average molecular weight is 328 g/mol. The molecule has 2 rings (SSSR count). The summed E-state index contributed by atoms with van der Waals surface area (Å²) in [5.41, 5.74) is 0.210. The molecule has 1 aromatic carbocycles. The molecule has 130 valence electrons. The Hall–Kier alpha value is -1.03. The first-order chi connectivity index (χ1) is 10.8. The topological polar surface area (TPSA) is 20.2 Å². The van der Waals surface area contributed by atoms with Crippen LogP contribution in [0.1, 0.15) is 69.4 Å². The van der Waals surface area contributed by atoms with E-state index in [-0.39, 0.29) is 12.0 Å². The van der Waals surface area contributed by atoms with Gasteiger partial charge in [-0.1, -0.05) is 32.0 Å². The second-order valence-corrected chi connectivity index (χ2v) is 7.15. The molecule has 0 aromatic heterocycles. The molecule has 0 spiro atoms. The summed E-state index contributed by atoms with van der Waals surface area (Å²) < 4.78 is 38.4. The van der Waals surface area contributed by atoms with Gasteiger partial charge < -0.3 is 5.11 Å². The van der Waals surface area contributed by atoms with E-state index in [9.17, 15) is 18.3 Å². The van der Waals surface area contributed by atoms with E-state index < -0.39 is 11.7 Å². The quantitative estimate of drug-likeness (QED) is 0.727. The van der Waals surface area contributed by atoms with Gasteiger partial charge in [-0.3, -0.25) is 0 Å². The normalized spacial score (nSPS) is 25.1. The van der Waals surface area contributed by atoms with Gasteiger partial charge in [-0.25, -0.2) is 0 Å². The van der Waals surface area contributed by atoms with Crippen LogP contribution in [-0.2, 0) is 6.18 Å². The highest BCUT2D eigenvalue weighted by Gasteiger charge is 2.31. The number of hydrogen-bond donors (Lipinski definition) is 1. The second kappa shape index (κ2) is 7.69. The molecular weight excluding hydrogens is 301 g/mol. The summed E-state index contributed by atoms with van der Waals surface area (Å²) >= 11 is 0. The van der Waals surface area contributed by atoms with Gasteiger partial charge in [0.05, 0.1) is 11.7 Å². The molecule has 2 unspecified atom stereocenters. The van der Waals surface area contributed by atoms with Crippen LogP contribution in [0.4, 0.5) is 13.2 Å². The van der Waals surface area contributed by atoms with Crippen molar-refractivity contribution in [2.45, 2.75) is 70.6 Å². The van der Waals surface area contributed by atoms with E-state index in [1.54, 1.807) is 6.07 Å². The second-order valence-electron chi connectivity index (χ2n) is 7.15. The Morgan fingerprint density at radius 3 is 2.35 bits per heavy atom. The molecule has 0 bridgehead atoms. The largest absolute Gasteiger partial charge is 0.416 e. The molecule has 1 fully saturated rings. The summed E-state index contributed by atoms with van der Waals surface area (Å²) in [4.78, 5) is 0. The molecule has 0 radical (unpaired) electrons. The first-order valence-corrected chi connectivity index (χ1v) is 8.62. The molecule has 0 heterocycles. The Bertz CT molecular complexity index is 490. The Labute approximate surface area is 136 Å². The van der Waals surface area contributed by atoms with E-state index in [1.807, 2.05) is 6.92 Å². The molecule has 1 saturated carbocycles. The van der Waals surface area contributed by atoms with E-state index in [1.165, 1.54) is 12.1 Å². The zero-order valence-corrected chi connectivity index (χ0v) is 13.9. The molecule has 1 nitrogen and oxygen atoms in total. The zero-order valence-electron chi connectivity index (χ0n) is 13.9. The molecule has 0 aliphatic heterocycles. The SMILES string of the molecule is CC(CCC(C)C1CCC(O)CC1)c1cccc(C(F)(F)F)c1. The van der Waals surface area contributed by atoms with E-state index in [0.717, 1.165) is 50.2 Å². The fourth-order valence-corrected chi connectivity index (χ4v) is 3.61. The van der Waals surface area contributed by atoms with Crippen molar-refractivity contribution in [3.63, 3.8) is 0 Å². The molecular formula is C19H27F3O. The van der Waals surface area contributed by atoms with Gasteiger partial charge in [0.25, 0.3) is 0 Å². The molecule has 0 saturated heterocycles. The van der Waals surface area contributed by atoms with Gasteiger partial charge in [0, 0.05) is 0 Å². The van der Waals surface area contributed by atoms with Crippen molar-refractivity contribution >= 4 is 0 Å². The van der Waals surface area contributed by atoms with Crippen LogP contribution < -0.4 is 0 Å². The highest BCUT2D eigenvalue weighted by atomic mass is 19.4. The first-order valence-electron chi connectivity index (χ1n) is 8.62. The maximum atomic E-state index is 12.8. The average Bonchev–Trinajstić information content (AvgIpc) is 2.52. The number of hydrogen-bond acceptors (Lipinski definition) is 1. The van der Waals surface area contributed by atoms with Crippen LogP contribution in [0.25, 0.3) is 0 Å². The lowest BCUT2D eigenvalue weighted by Gasteiger charge is -2.30. The van der Waals surface area contributed by atoms with Crippen molar-refractivity contribution in [2.75, 3.05) is 0 Å². The number of alkyl halides is 3. The van der Waals surface area contributed by atoms with Crippen LogP contribution in [0.5, 0.6) is 0 Å². The third-order valence-corrected chi connectivity index (χ3v) is 5.38. The fraction of sp³-hybridized carbons (Fsp3) is 0.684. The number of aliphatic hydroxyl groups is 1. The number of rotatable bonds is 5. The van der Waals surface area contributed by atoms with E-state index in [2.05, 4.69) is 6.92 Å². The molecule has 0 amide bonds. The highest BCUT2D eigenvalue weighted by Crippen LogP contribution is 2.35. The van der Waals surface area contributed by atoms with Crippen molar-refractivity contribution in [3.05, 3.63) is 35.4 Å². The molecule has 4 heteroatoms. The van der Waals surface area contributed by atoms with Crippen molar-refractivity contribution in [1.29, 1.82) is 0 Å². The van der Waals surface area contributed by atoms with Crippen LogP contribution in [0.3, 0.4) is 0 Å². The van der Waals surface area contributed by atoms with Gasteiger partial charge in [-0.2, -0.15) is 13.2 Å². The summed E-state index contributed by atoms with van der Waals surface area (Å²) in [5.74, 6) is 1.34. The predicted molar refractivity (Wildman–Crippen MR) is 86.2 cm³/mol. The lowest BCUT2D eigenvalue weighted by molar-refractivity contribution is -0.137. The molecule has 1 aliphatic rings. The van der Waals surface area contributed by atoms with Crippen LogP contribution in [0.2, 0.25) is 0 Å². The molecule has 1 N–H and O–H groups in total. The van der Waals surface area contributed by atoms with Crippen molar-refractivity contribution < 1.29 is 18.3 Å². The third-order valence-electron chi connectivity index (χ3n) is 5.38. The van der Waals surface area contributed by atoms with Gasteiger partial charge >= 0.3 is 6.18 Å². The fourth-order valence-electron chi connectivity index (χ4n) is 3.61. The molecule has 1 aromatic rings. The van der Waals surface area contributed by atoms with E-state index >= 15 is 0 Å². The van der Waals surface area contributed by atoms with E-state index in [4.69, 9.17) is 0 Å². The van der Waals surface area contributed by atoms with Gasteiger partial charge in [0.1, 0.15) is 0 Å². The van der Waals surface area contributed by atoms with Crippen LogP contribution in [0.15, 0.2) is 24.3 Å². The van der Waals surface area contributed by atoms with Crippen molar-refractivity contribution in [3.8, 4) is 0 Å². The summed E-state index contributed by atoms with van der Waals surface area (Å²) in [6.07, 6.45) is 1.44. The van der Waals surface area contributed by atoms with Crippen LogP contribution in [0, 0.1) is 11.8 Å². The first kappa shape index (κ1) is 18.3. The highest BCUT2D eigenvalue weighted by molar-refractivity contribution is 5.27. The zero-order chi connectivity index (χ0) is 17.0. The van der Waals surface area contributed by atoms with E-state index in [0.29, 0.717) is 11.8 Å². The number of aliphatic hydroxyl groups excluding tert-OH is 1. The van der Waals surface area contributed by atoms with Gasteiger partial charge in [-0.05, 0) is 67.9 Å². The molecule has 23 heavy (non-hydrogen) atoms. The van der Waals surface area contributed by atoms with Crippen molar-refractivity contribution in [2.24, 2.45) is 11.8 Å². The number of halogens is 3.